The maximum Gasteiger partial charge on any atom is 0.340 e. The maximum absolute atomic E-state index is 12.5. The summed E-state index contributed by atoms with van der Waals surface area (Å²) in [5.41, 5.74) is 1.56. The fourth-order valence-electron chi connectivity index (χ4n) is 3.39. The number of rotatable bonds is 4. The van der Waals surface area contributed by atoms with Crippen LogP contribution in [-0.4, -0.2) is 22.8 Å². The Kier molecular flexibility index (Phi) is 4.25. The highest BCUT2D eigenvalue weighted by molar-refractivity contribution is 5.93. The highest BCUT2D eigenvalue weighted by Gasteiger charge is 2.32. The minimum atomic E-state index is -0.547. The molecule has 1 N–H and O–H groups in total. The zero-order valence-corrected chi connectivity index (χ0v) is 13.5. The van der Waals surface area contributed by atoms with Crippen LogP contribution in [0.15, 0.2) is 47.8 Å². The first kappa shape index (κ1) is 16.1. The van der Waals surface area contributed by atoms with E-state index >= 15 is 0 Å². The van der Waals surface area contributed by atoms with Crippen molar-refractivity contribution in [2.75, 3.05) is 7.11 Å². The first-order valence-electron chi connectivity index (χ1n) is 7.84. The normalized spacial score (nSPS) is 14.0. The van der Waals surface area contributed by atoms with Gasteiger partial charge in [-0.1, -0.05) is 36.4 Å². The summed E-state index contributed by atoms with van der Waals surface area (Å²) in [4.78, 5) is 24.9. The van der Waals surface area contributed by atoms with E-state index in [9.17, 15) is 14.7 Å². The number of fused-ring (bicyclic) bond motifs is 1. The van der Waals surface area contributed by atoms with Crippen LogP contribution in [0.2, 0.25) is 0 Å². The van der Waals surface area contributed by atoms with Crippen molar-refractivity contribution >= 4 is 5.97 Å². The van der Waals surface area contributed by atoms with Crippen LogP contribution in [0.4, 0.5) is 0 Å². The second kappa shape index (κ2) is 6.35. The van der Waals surface area contributed by atoms with Crippen molar-refractivity contribution in [2.45, 2.75) is 25.3 Å². The summed E-state index contributed by atoms with van der Waals surface area (Å²) in [6.45, 7) is 4.33. The third kappa shape index (κ3) is 2.42. The van der Waals surface area contributed by atoms with Crippen LogP contribution in [0.25, 0.3) is 0 Å². The van der Waals surface area contributed by atoms with E-state index in [1.807, 2.05) is 30.3 Å². The third-order valence-corrected chi connectivity index (χ3v) is 4.48. The molecular weight excluding hydrogens is 306 g/mol. The van der Waals surface area contributed by atoms with Gasteiger partial charge in [-0.15, -0.1) is 6.58 Å². The molecule has 2 heterocycles. The molecule has 0 spiro atoms. The molecule has 0 saturated heterocycles. The zero-order valence-electron chi connectivity index (χ0n) is 13.5. The number of carbonyl (C=O) groups excluding carboxylic acids is 1. The number of ether oxygens (including phenoxy) is 1. The predicted molar refractivity (Wildman–Crippen MR) is 90.5 cm³/mol. The molecule has 5 nitrogen and oxygen atoms in total. The molecule has 124 valence electrons. The summed E-state index contributed by atoms with van der Waals surface area (Å²) < 4.78 is 6.40. The summed E-state index contributed by atoms with van der Waals surface area (Å²) in [6, 6.07) is 9.35. The van der Waals surface area contributed by atoms with Crippen LogP contribution in [0, 0.1) is 0 Å². The predicted octanol–water partition coefficient (Wildman–Crippen LogP) is 2.60. The number of allylic oxidation sites excluding steroid dienone is 1. The van der Waals surface area contributed by atoms with Gasteiger partial charge in [0.25, 0.3) is 5.56 Å². The van der Waals surface area contributed by atoms with Gasteiger partial charge < -0.3 is 14.4 Å². The first-order chi connectivity index (χ1) is 11.6. The number of benzene rings is 1. The molecule has 3 rings (SSSR count). The quantitative estimate of drug-likeness (QED) is 0.693. The number of hydrogen-bond donors (Lipinski definition) is 1. The van der Waals surface area contributed by atoms with Crippen LogP contribution in [0.3, 0.4) is 0 Å². The molecule has 0 bridgehead atoms. The summed E-state index contributed by atoms with van der Waals surface area (Å²) in [5, 5.41) is 10.6. The van der Waals surface area contributed by atoms with Crippen molar-refractivity contribution in [1.82, 2.24) is 4.57 Å². The van der Waals surface area contributed by atoms with Crippen molar-refractivity contribution < 1.29 is 14.6 Å². The second-order valence-corrected chi connectivity index (χ2v) is 5.76. The average Bonchev–Trinajstić information content (AvgIpc) is 3.10. The van der Waals surface area contributed by atoms with Gasteiger partial charge in [0, 0.05) is 23.7 Å². The highest BCUT2D eigenvalue weighted by Crippen LogP contribution is 2.36. The lowest BCUT2D eigenvalue weighted by Crippen LogP contribution is -2.26. The lowest BCUT2D eigenvalue weighted by Gasteiger charge is -2.21. The smallest absolute Gasteiger partial charge is 0.340 e. The van der Waals surface area contributed by atoms with Gasteiger partial charge in [0.1, 0.15) is 0 Å². The maximum atomic E-state index is 12.5. The average molecular weight is 325 g/mol. The van der Waals surface area contributed by atoms with E-state index in [2.05, 4.69) is 6.58 Å². The van der Waals surface area contributed by atoms with Gasteiger partial charge in [-0.3, -0.25) is 4.79 Å². The van der Waals surface area contributed by atoms with Gasteiger partial charge in [-0.05, 0) is 18.4 Å². The van der Waals surface area contributed by atoms with E-state index in [0.717, 1.165) is 12.0 Å². The van der Waals surface area contributed by atoms with Crippen molar-refractivity contribution in [3.05, 3.63) is 75.7 Å². The Labute approximate surface area is 139 Å². The molecule has 1 aromatic heterocycles. The van der Waals surface area contributed by atoms with Crippen LogP contribution in [-0.2, 0) is 17.7 Å². The van der Waals surface area contributed by atoms with Crippen molar-refractivity contribution in [1.29, 1.82) is 0 Å². The van der Waals surface area contributed by atoms with E-state index in [1.54, 1.807) is 6.08 Å². The van der Waals surface area contributed by atoms with E-state index in [-0.39, 0.29) is 11.1 Å². The lowest BCUT2D eigenvalue weighted by atomic mass is 9.87. The third-order valence-electron chi connectivity index (χ3n) is 4.48. The van der Waals surface area contributed by atoms with Crippen LogP contribution >= 0.6 is 0 Å². The molecule has 1 aliphatic heterocycles. The Hall–Kier alpha value is -2.82. The van der Waals surface area contributed by atoms with Gasteiger partial charge in [-0.25, -0.2) is 4.79 Å². The summed E-state index contributed by atoms with van der Waals surface area (Å²) in [5.74, 6) is -1.43. The van der Waals surface area contributed by atoms with E-state index in [1.165, 1.54) is 11.7 Å². The topological polar surface area (TPSA) is 68.5 Å². The summed E-state index contributed by atoms with van der Waals surface area (Å²) in [7, 11) is 1.30. The Bertz CT molecular complexity index is 852. The number of nitrogens with zero attached hydrogens (tertiary/aromatic N) is 1. The molecule has 24 heavy (non-hydrogen) atoms. The van der Waals surface area contributed by atoms with Gasteiger partial charge in [-0.2, -0.15) is 0 Å². The molecule has 1 aliphatic rings. The number of carbonyl (C=O) groups is 1. The highest BCUT2D eigenvalue weighted by atomic mass is 16.5. The minimum absolute atomic E-state index is 0.279. The molecular formula is C19H19NO4. The number of hydrogen-bond acceptors (Lipinski definition) is 4. The number of aromatic nitrogens is 1. The Morgan fingerprint density at radius 1 is 1.38 bits per heavy atom. The first-order valence-corrected chi connectivity index (χ1v) is 7.84. The van der Waals surface area contributed by atoms with Crippen molar-refractivity contribution in [3.8, 4) is 5.75 Å². The van der Waals surface area contributed by atoms with Gasteiger partial charge >= 0.3 is 5.97 Å². The summed E-state index contributed by atoms with van der Waals surface area (Å²) in [6.07, 6.45) is 2.99. The SMILES string of the molecule is C=CC(c1ccccc1)c1c(C(=O)OC)c2n(c(=O)c1O)CCC2. The Balaban J connectivity index is 2.34. The largest absolute Gasteiger partial charge is 0.503 e. The Morgan fingerprint density at radius 2 is 2.08 bits per heavy atom. The molecule has 5 heteroatoms. The second-order valence-electron chi connectivity index (χ2n) is 5.76. The van der Waals surface area contributed by atoms with Crippen molar-refractivity contribution in [3.63, 3.8) is 0 Å². The van der Waals surface area contributed by atoms with E-state index in [4.69, 9.17) is 4.74 Å². The standard InChI is InChI=1S/C19H19NO4/c1-3-13(12-8-5-4-6-9-12)15-16(19(23)24-2)14-10-7-11-20(14)18(22)17(15)21/h3-6,8-9,13,21H,1,7,10-11H2,2H3. The van der Waals surface area contributed by atoms with Crippen LogP contribution in [0.1, 0.15) is 39.5 Å². The fourth-order valence-corrected chi connectivity index (χ4v) is 3.39. The Morgan fingerprint density at radius 3 is 2.71 bits per heavy atom. The zero-order chi connectivity index (χ0) is 17.3. The van der Waals surface area contributed by atoms with Crippen LogP contribution < -0.4 is 5.56 Å². The van der Waals surface area contributed by atoms with Crippen LogP contribution in [0.5, 0.6) is 5.75 Å². The lowest BCUT2D eigenvalue weighted by molar-refractivity contribution is 0.0596. The fraction of sp³-hybridized carbons (Fsp3) is 0.263. The molecule has 0 saturated carbocycles. The number of aromatic hydroxyl groups is 1. The summed E-state index contributed by atoms with van der Waals surface area (Å²) >= 11 is 0. The van der Waals surface area contributed by atoms with Gasteiger partial charge in [0.05, 0.1) is 12.7 Å². The van der Waals surface area contributed by atoms with Gasteiger partial charge in [0.2, 0.25) is 0 Å². The molecule has 2 aromatic rings. The number of methoxy groups -OCH3 is 1. The minimum Gasteiger partial charge on any atom is -0.503 e. The molecule has 1 aromatic carbocycles. The number of pyridine rings is 1. The molecule has 1 unspecified atom stereocenters. The van der Waals surface area contributed by atoms with Crippen molar-refractivity contribution in [2.24, 2.45) is 0 Å². The molecule has 0 amide bonds. The number of esters is 1. The molecule has 0 radical (unpaired) electrons. The molecule has 0 fully saturated rings. The molecule has 0 aliphatic carbocycles. The van der Waals surface area contributed by atoms with Gasteiger partial charge in [0.15, 0.2) is 5.75 Å². The van der Waals surface area contributed by atoms with E-state index in [0.29, 0.717) is 18.7 Å². The van der Waals surface area contributed by atoms with E-state index < -0.39 is 23.2 Å². The monoisotopic (exact) mass is 325 g/mol. The molecule has 1 atom stereocenters.